The Balaban J connectivity index is 3.13. The zero-order chi connectivity index (χ0) is 10.8. The molecule has 0 bridgehead atoms. The molecule has 0 amide bonds. The Morgan fingerprint density at radius 3 is 3.00 bits per heavy atom. The van der Waals surface area contributed by atoms with Gasteiger partial charge in [-0.15, -0.1) is 0 Å². The summed E-state index contributed by atoms with van der Waals surface area (Å²) in [5.41, 5.74) is 0. The molecule has 0 heterocycles. The van der Waals surface area contributed by atoms with E-state index < -0.39 is 19.1 Å². The van der Waals surface area contributed by atoms with E-state index >= 15 is 0 Å². The zero-order valence-corrected chi connectivity index (χ0v) is 8.75. The second-order valence-electron chi connectivity index (χ2n) is 2.12. The number of hydrogen-bond donors (Lipinski definition) is 0. The summed E-state index contributed by atoms with van der Waals surface area (Å²) < 4.78 is 32.1. The molecule has 1 aromatic rings. The quantitative estimate of drug-likeness (QED) is 0.581. The topological polar surface area (TPSA) is 26.3 Å². The van der Waals surface area contributed by atoms with Crippen LogP contribution in [0.2, 0.25) is 5.27 Å². The molecule has 66 valence electrons. The molecule has 0 saturated carbocycles. The molecule has 2 atom stereocenters. The van der Waals surface area contributed by atoms with Crippen molar-refractivity contribution in [1.82, 2.24) is 0 Å². The molecule has 0 fully saturated rings. The molecule has 0 spiro atoms. The third-order valence-electron chi connectivity index (χ3n) is 1.45. The van der Waals surface area contributed by atoms with Gasteiger partial charge < -0.3 is 0 Å². The number of benzene rings is 1. The summed E-state index contributed by atoms with van der Waals surface area (Å²) in [5.74, 6) is 0.498. The molecule has 0 N–H and O–H groups in total. The van der Waals surface area contributed by atoms with E-state index in [4.69, 9.17) is 7.48 Å². The number of hydrogen-bond acceptors (Lipinski definition) is 2. The fourth-order valence-electron chi connectivity index (χ4n) is 0.882. The van der Waals surface area contributed by atoms with Crippen LogP contribution >= 0.6 is 0 Å². The van der Waals surface area contributed by atoms with Crippen LogP contribution in [0.1, 0.15) is 9.67 Å². The molecule has 1 rings (SSSR count). The van der Waals surface area contributed by atoms with E-state index in [-0.39, 0.29) is 0 Å². The predicted molar refractivity (Wildman–Crippen MR) is 49.5 cm³/mol. The normalized spacial score (nSPS) is 20.2. The van der Waals surface area contributed by atoms with Gasteiger partial charge in [0.15, 0.2) is 0 Å². The van der Waals surface area contributed by atoms with Gasteiger partial charge >= 0.3 is 78.9 Å². The van der Waals surface area contributed by atoms with Crippen molar-refractivity contribution in [2.45, 2.75) is 12.2 Å². The predicted octanol–water partition coefficient (Wildman–Crippen LogP) is 1.34. The minimum absolute atomic E-state index is 0.488. The van der Waals surface area contributed by atoms with E-state index in [1.54, 1.807) is 24.3 Å². The maximum atomic E-state index is 11.8. The van der Waals surface area contributed by atoms with Gasteiger partial charge in [-0.1, -0.05) is 0 Å². The van der Waals surface area contributed by atoms with Gasteiger partial charge in [0.2, 0.25) is 0 Å². The van der Waals surface area contributed by atoms with E-state index in [0.717, 1.165) is 0 Å². The standard InChI is InChI=1S/C9H12O2Se/c1-3-12(10)9-7-5-4-6-8(9)11-2/h4-7H,3H2,1-2H3/i3+1DH. The van der Waals surface area contributed by atoms with Crippen molar-refractivity contribution in [1.29, 1.82) is 0 Å². The van der Waals surface area contributed by atoms with Crippen LogP contribution in [0.15, 0.2) is 24.3 Å². The first-order chi connectivity index (χ1) is 6.46. The van der Waals surface area contributed by atoms with Gasteiger partial charge in [0.1, 0.15) is 0 Å². The molecule has 0 aliphatic carbocycles. The average Bonchev–Trinajstić information content (AvgIpc) is 2.15. The first-order valence-corrected chi connectivity index (χ1v) is 5.93. The molecular formula is C9H12O2Se. The van der Waals surface area contributed by atoms with E-state index in [1.165, 1.54) is 14.0 Å². The minimum atomic E-state index is -2.70. The molecule has 0 aromatic heterocycles. The fraction of sp³-hybridized carbons (Fsp3) is 0.333. The number of rotatable bonds is 3. The maximum absolute atomic E-state index is 11.8. The van der Waals surface area contributed by atoms with Crippen molar-refractivity contribution in [2.75, 3.05) is 7.11 Å². The first kappa shape index (κ1) is 6.81. The van der Waals surface area contributed by atoms with Crippen molar-refractivity contribution in [3.63, 3.8) is 0 Å². The van der Waals surface area contributed by atoms with Crippen LogP contribution in [0.25, 0.3) is 0 Å². The molecule has 12 heavy (non-hydrogen) atoms. The van der Waals surface area contributed by atoms with Gasteiger partial charge in [-0.3, -0.25) is 0 Å². The van der Waals surface area contributed by atoms with E-state index in [9.17, 15) is 3.83 Å². The SMILES string of the molecule is [1H][13C]([2H])(C)[Se](=O)c1ccccc1OC. The van der Waals surface area contributed by atoms with E-state index in [2.05, 4.69) is 0 Å². The van der Waals surface area contributed by atoms with Crippen LogP contribution in [0, 0.1) is 0 Å². The second kappa shape index (κ2) is 4.39. The Bertz CT molecular complexity index is 347. The Kier molecular flexibility index (Phi) is 2.49. The van der Waals surface area contributed by atoms with E-state index in [1.807, 2.05) is 0 Å². The van der Waals surface area contributed by atoms with Crippen LogP contribution < -0.4 is 9.20 Å². The van der Waals surface area contributed by atoms with E-state index in [0.29, 0.717) is 10.2 Å². The van der Waals surface area contributed by atoms with Crippen molar-refractivity contribution in [3.05, 3.63) is 24.3 Å². The number of ether oxygens (including phenoxy) is 1. The third kappa shape index (κ3) is 1.93. The number of para-hydroxylation sites is 1. The van der Waals surface area contributed by atoms with Crippen LogP contribution in [0.3, 0.4) is 0 Å². The van der Waals surface area contributed by atoms with Crippen molar-refractivity contribution >= 4 is 18.3 Å². The Morgan fingerprint density at radius 2 is 2.42 bits per heavy atom. The summed E-state index contributed by atoms with van der Waals surface area (Å²) in [6.45, 7) is 1.33. The summed E-state index contributed by atoms with van der Waals surface area (Å²) in [7, 11) is 1.49. The first-order valence-electron chi connectivity index (χ1n) is 4.51. The fourth-order valence-corrected chi connectivity index (χ4v) is 2.47. The van der Waals surface area contributed by atoms with Crippen molar-refractivity contribution in [3.8, 4) is 5.75 Å². The monoisotopic (exact) mass is 234 g/mol. The summed E-state index contributed by atoms with van der Waals surface area (Å²) in [6.07, 6.45) is 0. The molecule has 2 nitrogen and oxygen atoms in total. The summed E-state index contributed by atoms with van der Waals surface area (Å²) in [6, 6.07) is 6.84. The van der Waals surface area contributed by atoms with Crippen LogP contribution in [-0.2, 0) is 3.83 Å². The second-order valence-corrected chi connectivity index (χ2v) is 5.03. The molecule has 2 unspecified atom stereocenters. The number of methoxy groups -OCH3 is 1. The molecule has 0 aliphatic heterocycles. The van der Waals surface area contributed by atoms with Gasteiger partial charge in [-0.25, -0.2) is 0 Å². The van der Waals surface area contributed by atoms with Gasteiger partial charge in [0.05, 0.1) is 0 Å². The summed E-state index contributed by atoms with van der Waals surface area (Å²) >= 11 is -2.70. The van der Waals surface area contributed by atoms with Gasteiger partial charge in [-0.05, 0) is 0 Å². The third-order valence-corrected chi connectivity index (χ3v) is 3.78. The van der Waals surface area contributed by atoms with Crippen molar-refractivity contribution in [2.24, 2.45) is 0 Å². The Labute approximate surface area is 79.4 Å². The summed E-state index contributed by atoms with van der Waals surface area (Å²) in [5, 5.41) is -1.66. The average molecular weight is 233 g/mol. The van der Waals surface area contributed by atoms with Gasteiger partial charge in [0.25, 0.3) is 0 Å². The van der Waals surface area contributed by atoms with Gasteiger partial charge in [0, 0.05) is 0 Å². The van der Waals surface area contributed by atoms with Crippen molar-refractivity contribution < 1.29 is 11.3 Å². The molecule has 0 aliphatic rings. The van der Waals surface area contributed by atoms with Crippen LogP contribution in [0.5, 0.6) is 5.75 Å². The molecule has 3 heteroatoms. The Hall–Kier alpha value is -0.661. The molecule has 0 saturated heterocycles. The Morgan fingerprint density at radius 1 is 1.75 bits per heavy atom. The van der Waals surface area contributed by atoms with Crippen LogP contribution in [0.4, 0.5) is 0 Å². The van der Waals surface area contributed by atoms with Gasteiger partial charge in [-0.2, -0.15) is 0 Å². The summed E-state index contributed by atoms with van der Waals surface area (Å²) in [4.78, 5) is 0. The van der Waals surface area contributed by atoms with Crippen LogP contribution in [-0.4, -0.2) is 20.9 Å². The zero-order valence-electron chi connectivity index (χ0n) is 9.03. The molecule has 1 aromatic carbocycles. The molecule has 0 radical (unpaired) electrons. The molecular weight excluding hydrogens is 220 g/mol.